The number of benzene rings is 10. The fraction of sp³-hybridized carbons (Fsp3) is 0.0294. The van der Waals surface area contributed by atoms with E-state index >= 15 is 0 Å². The number of furan rings is 2. The Hall–Kier alpha value is -9.72. The van der Waals surface area contributed by atoms with Crippen LogP contribution in [0.4, 0.5) is 0 Å². The van der Waals surface area contributed by atoms with Crippen LogP contribution in [0.2, 0.25) is 0 Å². The molecule has 75 heavy (non-hydrogen) atoms. The van der Waals surface area contributed by atoms with Crippen LogP contribution in [0.5, 0.6) is 11.5 Å². The maximum Gasteiger partial charge on any atom is 0.207 e. The van der Waals surface area contributed by atoms with Gasteiger partial charge >= 0.3 is 0 Å². The molecule has 2 aromatic heterocycles. The molecule has 2 atom stereocenters. The lowest BCUT2D eigenvalue weighted by Gasteiger charge is -2.20. The van der Waals surface area contributed by atoms with Crippen LogP contribution in [0.15, 0.2) is 288 Å². The molecule has 0 bridgehead atoms. The van der Waals surface area contributed by atoms with Crippen LogP contribution in [0.3, 0.4) is 0 Å². The third kappa shape index (κ3) is 10.8. The van der Waals surface area contributed by atoms with Crippen LogP contribution in [-0.2, 0) is 0 Å². The maximum absolute atomic E-state index is 13.3. The molecular weight excluding hydrogens is 924 g/mol. The minimum Gasteiger partial charge on any atom is -0.478 e. The summed E-state index contributed by atoms with van der Waals surface area (Å²) < 4.78 is 25.6. The summed E-state index contributed by atoms with van der Waals surface area (Å²) >= 11 is 0. The molecule has 0 aliphatic heterocycles. The molecule has 6 nitrogen and oxygen atoms in total. The second-order valence-electron chi connectivity index (χ2n) is 17.7. The first-order valence-electron chi connectivity index (χ1n) is 24.5. The third-order valence-electron chi connectivity index (χ3n) is 12.8. The van der Waals surface area contributed by atoms with Crippen LogP contribution in [-0.4, -0.2) is 20.0 Å². The molecule has 0 saturated carbocycles. The summed E-state index contributed by atoms with van der Waals surface area (Å²) in [6, 6.07) is 89.8. The van der Waals surface area contributed by atoms with E-state index in [-0.39, 0.29) is 21.4 Å². The Kier molecular flexibility index (Phi) is 14.9. The summed E-state index contributed by atoms with van der Waals surface area (Å²) in [7, 11) is 0. The molecule has 0 fully saturated rings. The van der Waals surface area contributed by atoms with Gasteiger partial charge in [0.05, 0.1) is 0 Å². The van der Waals surface area contributed by atoms with E-state index in [1.165, 1.54) is 0 Å². The minimum atomic E-state index is -0.804. The summed E-state index contributed by atoms with van der Waals surface area (Å²) in [5.74, 6) is 2.51. The molecule has 12 rings (SSSR count). The normalized spacial score (nSPS) is 11.6. The average Bonchev–Trinajstić information content (AvgIpc) is 4.08. The minimum absolute atomic E-state index is 0. The lowest BCUT2D eigenvalue weighted by Crippen LogP contribution is -2.20. The molecule has 0 N–H and O–H groups in total. The lowest BCUT2D eigenvalue weighted by molar-refractivity contribution is 0.0781. The largest absolute Gasteiger partial charge is 0.478 e. The quantitative estimate of drug-likeness (QED) is 0.0798. The highest BCUT2D eigenvalue weighted by Crippen LogP contribution is 2.47. The zero-order valence-electron chi connectivity index (χ0n) is 40.7. The molecule has 3 radical (unpaired) electrons. The Labute approximate surface area is 439 Å². The fourth-order valence-electron chi connectivity index (χ4n) is 9.23. The number of carbonyl (C=O) groups is 2. The van der Waals surface area contributed by atoms with E-state index in [1.807, 2.05) is 146 Å². The molecule has 12 aromatic rings. The van der Waals surface area contributed by atoms with E-state index in [2.05, 4.69) is 84.9 Å². The fourth-order valence-corrected chi connectivity index (χ4v) is 9.23. The summed E-state index contributed by atoms with van der Waals surface area (Å²) in [4.78, 5) is 26.7. The number of hydrogen-bond donors (Lipinski definition) is 0. The van der Waals surface area contributed by atoms with Crippen molar-refractivity contribution >= 4 is 41.9 Å². The molecule has 361 valence electrons. The zero-order chi connectivity index (χ0) is 50.1. The highest BCUT2D eigenvalue weighted by atomic mass is 16.5. The van der Waals surface area contributed by atoms with Gasteiger partial charge in [0.1, 0.15) is 34.2 Å². The third-order valence-corrected chi connectivity index (χ3v) is 12.8. The van der Waals surface area contributed by atoms with Crippen molar-refractivity contribution in [1.82, 2.24) is 0 Å². The maximum atomic E-state index is 13.3. The number of carbonyl (C=O) groups excluding carboxylic acids is 2. The Morgan fingerprint density at radius 1 is 0.333 bits per heavy atom. The molecule has 0 aliphatic carbocycles. The van der Waals surface area contributed by atoms with Gasteiger partial charge in [-0.1, -0.05) is 243 Å². The predicted molar refractivity (Wildman–Crippen MR) is 303 cm³/mol. The first kappa shape index (κ1) is 48.9. The molecule has 2 heterocycles. The average molecular weight is 975 g/mol. The predicted octanol–water partition coefficient (Wildman–Crippen LogP) is 17.4. The van der Waals surface area contributed by atoms with Crippen molar-refractivity contribution in [1.29, 1.82) is 0 Å². The van der Waals surface area contributed by atoms with Crippen molar-refractivity contribution < 1.29 is 29.3 Å². The van der Waals surface area contributed by atoms with Crippen molar-refractivity contribution in [2.45, 2.75) is 12.2 Å². The zero-order valence-corrected chi connectivity index (χ0v) is 40.7. The first-order chi connectivity index (χ1) is 36.6. The van der Waals surface area contributed by atoms with E-state index < -0.39 is 12.2 Å². The van der Waals surface area contributed by atoms with Gasteiger partial charge in [0.15, 0.2) is 12.2 Å². The molecular formula is C68H50BO6. The second kappa shape index (κ2) is 22.8. The first-order valence-corrected chi connectivity index (χ1v) is 24.5. The van der Waals surface area contributed by atoms with Gasteiger partial charge in [-0.15, -0.1) is 0 Å². The summed E-state index contributed by atoms with van der Waals surface area (Å²) in [6.45, 7) is 0. The monoisotopic (exact) mass is 974 g/mol. The molecule has 0 spiro atoms. The highest BCUT2D eigenvalue weighted by molar-refractivity contribution is 6.11. The van der Waals surface area contributed by atoms with Crippen LogP contribution < -0.4 is 9.47 Å². The van der Waals surface area contributed by atoms with Gasteiger partial charge < -0.3 is 18.3 Å². The van der Waals surface area contributed by atoms with Crippen molar-refractivity contribution in [3.8, 4) is 56.4 Å². The standard InChI is InChI=1S/C34H26O4.C34H22O2.B.H2/c35-31(25-13-5-1-6-14-25)33(27-17-9-3-10-18-27)37-29-21-23-30(24-22-29)38-34(28-19-11-4-12-20-28)32(36)26-15-7-2-8-16-26;1-5-13-23(14-6-1)31-27-21-30-28(22-29(27)35-33(31)25-17-9-3-10-18-25)32(24-15-7-2-8-16-24)34(36-30)26-19-11-4-12-20-26;;/h1-24,33-34H;1-22H;;1H/i;;;1+1. The van der Waals surface area contributed by atoms with E-state index in [0.717, 1.165) is 78.0 Å². The molecule has 0 saturated heterocycles. The summed E-state index contributed by atoms with van der Waals surface area (Å²) in [5.41, 5.74) is 10.9. The van der Waals surface area contributed by atoms with E-state index in [9.17, 15) is 9.59 Å². The van der Waals surface area contributed by atoms with Gasteiger partial charge in [0, 0.05) is 65.1 Å². The number of Topliss-reactive ketones (excluding diaryl/α,β-unsaturated/α-hetero) is 2. The molecule has 0 amide bonds. The van der Waals surface area contributed by atoms with Crippen molar-refractivity contribution in [3.63, 3.8) is 0 Å². The Morgan fingerprint density at radius 2 is 0.600 bits per heavy atom. The highest BCUT2D eigenvalue weighted by Gasteiger charge is 2.27. The molecule has 0 aliphatic rings. The number of ketones is 2. The van der Waals surface area contributed by atoms with Gasteiger partial charge in [0.25, 0.3) is 0 Å². The second-order valence-corrected chi connectivity index (χ2v) is 17.7. The van der Waals surface area contributed by atoms with Crippen molar-refractivity contribution in [2.75, 3.05) is 0 Å². The van der Waals surface area contributed by atoms with Gasteiger partial charge in [-0.3, -0.25) is 9.59 Å². The van der Waals surface area contributed by atoms with E-state index in [0.29, 0.717) is 22.6 Å². The van der Waals surface area contributed by atoms with Crippen LogP contribution in [0.25, 0.3) is 66.8 Å². The number of ether oxygens (including phenoxy) is 2. The Bertz CT molecular complexity index is 3530. The number of fused-ring (bicyclic) bond motifs is 2. The topological polar surface area (TPSA) is 78.9 Å². The van der Waals surface area contributed by atoms with Crippen LogP contribution in [0.1, 0.15) is 45.5 Å². The SMILES string of the molecule is O=C(c1ccccc1)C(Oc1ccc(OC(C(=O)c2ccccc2)c2ccccc2)cc1)c1ccccc1.[2HH].[B].c1ccc(-c2oc3cc4c(-c5ccccc5)c(-c5ccccc5)oc4cc3c2-c2ccccc2)cc1. The van der Waals surface area contributed by atoms with Gasteiger partial charge in [-0.05, 0) is 47.5 Å². The van der Waals surface area contributed by atoms with Gasteiger partial charge in [0.2, 0.25) is 11.6 Å². The van der Waals surface area contributed by atoms with Gasteiger partial charge in [-0.2, -0.15) is 0 Å². The van der Waals surface area contributed by atoms with Crippen molar-refractivity contribution in [3.05, 3.63) is 301 Å². The summed E-state index contributed by atoms with van der Waals surface area (Å²) in [5, 5.41) is 2.08. The van der Waals surface area contributed by atoms with E-state index in [4.69, 9.17) is 18.3 Å². The number of hydrogen-bond acceptors (Lipinski definition) is 6. The van der Waals surface area contributed by atoms with Gasteiger partial charge in [-0.25, -0.2) is 0 Å². The molecule has 7 heteroatoms. The summed E-state index contributed by atoms with van der Waals surface area (Å²) in [6.07, 6.45) is -1.61. The van der Waals surface area contributed by atoms with E-state index in [1.54, 1.807) is 48.5 Å². The molecule has 2 unspecified atom stereocenters. The smallest absolute Gasteiger partial charge is 0.207 e. The Morgan fingerprint density at radius 3 is 0.907 bits per heavy atom. The van der Waals surface area contributed by atoms with Crippen molar-refractivity contribution in [2.24, 2.45) is 0 Å². The number of rotatable bonds is 14. The van der Waals surface area contributed by atoms with Crippen LogP contribution in [0, 0.1) is 0 Å². The lowest BCUT2D eigenvalue weighted by atomic mass is 9.96. The Balaban J connectivity index is 0.000000181. The van der Waals surface area contributed by atoms with Crippen LogP contribution >= 0.6 is 0 Å². The molecule has 10 aromatic carbocycles.